The second-order valence-electron chi connectivity index (χ2n) is 21.0. The van der Waals surface area contributed by atoms with Gasteiger partial charge < -0.3 is 47.6 Å². The monoisotopic (exact) mass is 1120 g/mol. The zero-order chi connectivity index (χ0) is 53.2. The van der Waals surface area contributed by atoms with Crippen molar-refractivity contribution in [2.45, 2.75) is 152 Å². The van der Waals surface area contributed by atoms with Gasteiger partial charge in [-0.25, -0.2) is 28.9 Å². The Kier molecular flexibility index (Phi) is 22.9. The summed E-state index contributed by atoms with van der Waals surface area (Å²) in [5, 5.41) is 17.6. The minimum Gasteiger partial charge on any atom is -1.00 e. The fourth-order valence-electron chi connectivity index (χ4n) is 8.48. The molecule has 0 spiro atoms. The first-order valence-electron chi connectivity index (χ1n) is 25.2. The Bertz CT molecular complexity index is 2790. The van der Waals surface area contributed by atoms with Crippen LogP contribution in [0.2, 0.25) is 0 Å². The first-order chi connectivity index (χ1) is 34.5. The molecular weight excluding hydrogens is 1050 g/mol. The number of carbonyl (C=O) groups excluding carboxylic acids is 2. The van der Waals surface area contributed by atoms with Gasteiger partial charge in [0, 0.05) is 42.8 Å². The molecule has 0 aliphatic carbocycles. The number of carbonyl (C=O) groups is 2. The molecule has 2 fully saturated rings. The summed E-state index contributed by atoms with van der Waals surface area (Å²) in [6.45, 7) is 30.0. The predicted molar refractivity (Wildman–Crippen MR) is 294 cm³/mol. The Morgan fingerprint density at radius 1 is 0.627 bits per heavy atom. The van der Waals surface area contributed by atoms with E-state index in [2.05, 4.69) is 69.5 Å². The smallest absolute Gasteiger partial charge is 1.00 e. The Hall–Kier alpha value is -5.30. The quantitative estimate of drug-likeness (QED) is 0.0995. The summed E-state index contributed by atoms with van der Waals surface area (Å²) < 4.78 is 28.1. The van der Waals surface area contributed by atoms with Crippen LogP contribution in [0, 0.1) is 34.1 Å². The summed E-state index contributed by atoms with van der Waals surface area (Å²) in [6.07, 6.45) is 4.54. The molecule has 0 unspecified atom stereocenters. The van der Waals surface area contributed by atoms with Gasteiger partial charge in [-0.05, 0) is 160 Å². The zero-order valence-electron chi connectivity index (χ0n) is 46.3. The molecule has 0 saturated carbocycles. The van der Waals surface area contributed by atoms with Gasteiger partial charge in [-0.2, -0.15) is 13.8 Å². The van der Waals surface area contributed by atoms with Gasteiger partial charge in [-0.15, -0.1) is 10.2 Å². The maximum absolute atomic E-state index is 12.5. The topological polar surface area (TPSA) is 165 Å². The summed E-state index contributed by atoms with van der Waals surface area (Å²) in [7, 11) is 0. The standard InChI is InChI=1S/C28H37N5O3.C25H30BrN5O3.C3H7.ClH.Mg/c1-18(2)21-15-19(3)16-23(17-21)35-25-10-8-9-24(29-25)26-20(4)30-31-33(26)22-11-13-32(14-12-22)27(34)36-28(5,6)7;1-16-13-18(26)15-20(14-16)33-22-8-6-7-21(27-22)23-17(2)28-29-31(23)19-9-11-30(12-10-19)24(32)34-25(3,4)5;1-3-2;;/h8-10,15-18,22H,11-14H2,1-7H3;6-8,13-15,19H,9-12H2,1-5H3;3H,1-2H3;1H;/q;;-1;;+2/p-1. The third-order valence-corrected chi connectivity index (χ3v) is 12.2. The van der Waals surface area contributed by atoms with E-state index in [4.69, 9.17) is 28.9 Å². The van der Waals surface area contributed by atoms with Gasteiger partial charge in [-0.3, -0.25) is 0 Å². The van der Waals surface area contributed by atoms with Crippen LogP contribution in [0.25, 0.3) is 22.8 Å². The molecule has 4 aromatic heterocycles. The van der Waals surface area contributed by atoms with Gasteiger partial charge in [0.1, 0.15) is 34.1 Å². The molecule has 75 heavy (non-hydrogen) atoms. The maximum Gasteiger partial charge on any atom is 2.00 e. The largest absolute Gasteiger partial charge is 2.00 e. The van der Waals surface area contributed by atoms with Gasteiger partial charge in [0.2, 0.25) is 11.8 Å². The number of aryl methyl sites for hydroxylation is 4. The Balaban J connectivity index is 0.000000301. The van der Waals surface area contributed by atoms with E-state index in [0.29, 0.717) is 43.9 Å². The molecule has 2 aromatic carbocycles. The minimum absolute atomic E-state index is 0. The number of amides is 2. The maximum atomic E-state index is 12.5. The molecule has 0 atom stereocenters. The van der Waals surface area contributed by atoms with Gasteiger partial charge in [0.25, 0.3) is 0 Å². The number of nitrogens with zero attached hydrogens (tertiary/aromatic N) is 10. The summed E-state index contributed by atoms with van der Waals surface area (Å²) in [4.78, 5) is 38.0. The van der Waals surface area contributed by atoms with Crippen LogP contribution in [-0.4, -0.2) is 122 Å². The summed E-state index contributed by atoms with van der Waals surface area (Å²) in [5.41, 5.74) is 7.35. The number of pyridine rings is 2. The van der Waals surface area contributed by atoms with E-state index in [1.807, 2.05) is 153 Å². The number of hydrogen-bond donors (Lipinski definition) is 0. The Morgan fingerprint density at radius 3 is 1.39 bits per heavy atom. The van der Waals surface area contributed by atoms with Crippen LogP contribution < -0.4 is 21.9 Å². The van der Waals surface area contributed by atoms with Crippen molar-refractivity contribution in [3.63, 3.8) is 0 Å². The third-order valence-electron chi connectivity index (χ3n) is 11.8. The van der Waals surface area contributed by atoms with Crippen LogP contribution >= 0.6 is 15.9 Å². The number of piperidine rings is 2. The molecule has 0 bridgehead atoms. The van der Waals surface area contributed by atoms with Crippen molar-refractivity contribution in [3.05, 3.63) is 112 Å². The number of ether oxygens (including phenoxy) is 4. The van der Waals surface area contributed by atoms with Gasteiger partial charge in [0.15, 0.2) is 0 Å². The van der Waals surface area contributed by atoms with E-state index in [1.165, 1.54) is 5.56 Å². The van der Waals surface area contributed by atoms with Crippen molar-refractivity contribution in [2.75, 3.05) is 26.2 Å². The van der Waals surface area contributed by atoms with Gasteiger partial charge >= 0.3 is 35.2 Å². The summed E-state index contributed by atoms with van der Waals surface area (Å²) in [5.74, 6) is 2.94. The molecule has 2 aliphatic heterocycles. The molecular formula is C56H74BrClMgN10O6. The van der Waals surface area contributed by atoms with Crippen molar-refractivity contribution >= 4 is 51.2 Å². The van der Waals surface area contributed by atoms with Crippen molar-refractivity contribution in [2.24, 2.45) is 0 Å². The van der Waals surface area contributed by atoms with E-state index < -0.39 is 11.2 Å². The molecule has 8 rings (SSSR count). The minimum atomic E-state index is -0.503. The number of likely N-dealkylation sites (tertiary alicyclic amines) is 2. The van der Waals surface area contributed by atoms with Crippen LogP contribution in [0.4, 0.5) is 9.59 Å². The van der Waals surface area contributed by atoms with E-state index in [0.717, 1.165) is 86.9 Å². The molecule has 0 N–H and O–H groups in total. The summed E-state index contributed by atoms with van der Waals surface area (Å²) in [6, 6.07) is 23.9. The van der Waals surface area contributed by atoms with Crippen molar-refractivity contribution in [1.29, 1.82) is 0 Å². The van der Waals surface area contributed by atoms with Gasteiger partial charge in [0.05, 0.1) is 34.9 Å². The van der Waals surface area contributed by atoms with Crippen LogP contribution in [0.1, 0.15) is 141 Å². The first-order valence-corrected chi connectivity index (χ1v) is 26.0. The number of rotatable bonds is 9. The van der Waals surface area contributed by atoms with Crippen LogP contribution in [0.15, 0.2) is 77.3 Å². The molecule has 0 radical (unpaired) electrons. The number of hydrogen-bond acceptors (Lipinski definition) is 12. The van der Waals surface area contributed by atoms with E-state index in [1.54, 1.807) is 9.80 Å². The third kappa shape index (κ3) is 17.9. The molecule has 6 aromatic rings. The van der Waals surface area contributed by atoms with Crippen molar-refractivity contribution < 1.29 is 40.9 Å². The SMILES string of the molecule is C[CH-]C.Cc1cc(Br)cc(Oc2cccc(-c3c(C)nnn3C3CCN(C(=O)OC(C)(C)C)CC3)n2)c1.Cc1cc(Oc2cccc(-c3c(C)nnn3C3CCN(C(=O)OC(C)(C)C)CC3)n2)cc(C(C)C)c1.[Cl-].[Mg+2]. The average molecular weight is 1120 g/mol. The van der Waals surface area contributed by atoms with E-state index in [-0.39, 0.29) is 59.7 Å². The van der Waals surface area contributed by atoms with Crippen LogP contribution in [-0.2, 0) is 9.47 Å². The molecule has 6 heterocycles. The summed E-state index contributed by atoms with van der Waals surface area (Å²) >= 11 is 3.51. The second-order valence-corrected chi connectivity index (χ2v) is 22.0. The average Bonchev–Trinajstić information content (AvgIpc) is 3.90. The number of aromatic nitrogens is 8. The first kappa shape index (κ1) is 62.2. The second kappa shape index (κ2) is 27.7. The fraction of sp³-hybridized carbons (Fsp3) is 0.482. The normalized spacial score (nSPS) is 14.1. The van der Waals surface area contributed by atoms with E-state index >= 15 is 0 Å². The Labute approximate surface area is 474 Å². The Morgan fingerprint density at radius 2 is 1.01 bits per heavy atom. The van der Waals surface area contributed by atoms with Crippen molar-refractivity contribution in [1.82, 2.24) is 49.8 Å². The molecule has 16 nitrogen and oxygen atoms in total. The fourth-order valence-corrected chi connectivity index (χ4v) is 9.07. The van der Waals surface area contributed by atoms with Gasteiger partial charge in [-0.1, -0.05) is 58.4 Å². The van der Waals surface area contributed by atoms with E-state index in [9.17, 15) is 9.59 Å². The molecule has 2 amide bonds. The molecule has 2 saturated heterocycles. The zero-order valence-corrected chi connectivity index (χ0v) is 50.0. The van der Waals surface area contributed by atoms with Crippen LogP contribution in [0.5, 0.6) is 23.3 Å². The molecule has 2 aliphatic rings. The number of halogens is 2. The molecule has 400 valence electrons. The predicted octanol–water partition coefficient (Wildman–Crippen LogP) is 10.4. The van der Waals surface area contributed by atoms with Crippen molar-refractivity contribution in [3.8, 4) is 46.0 Å². The van der Waals surface area contributed by atoms with Crippen LogP contribution in [0.3, 0.4) is 0 Å². The number of benzene rings is 2. The molecule has 19 heteroatoms.